The Morgan fingerprint density at radius 3 is 2.59 bits per heavy atom. The second-order valence-electron chi connectivity index (χ2n) is 4.36. The van der Waals surface area contributed by atoms with Crippen LogP contribution in [0.5, 0.6) is 0 Å². The first-order chi connectivity index (χ1) is 8.25. The molecule has 0 unspecified atom stereocenters. The first kappa shape index (κ1) is 12.8. The number of nitrogens with one attached hydrogen (secondary N) is 1. The van der Waals surface area contributed by atoms with Crippen LogP contribution in [0.1, 0.15) is 24.5 Å². The Labute approximate surface area is 107 Å². The van der Waals surface area contributed by atoms with Crippen LogP contribution >= 0.6 is 11.6 Å². The molecular weight excluding hydrogens is 238 g/mol. The molecule has 0 saturated carbocycles. The van der Waals surface area contributed by atoms with Crippen molar-refractivity contribution >= 4 is 11.6 Å². The van der Waals surface area contributed by atoms with E-state index in [4.69, 9.17) is 16.3 Å². The maximum Gasteiger partial charge on any atom is 0.0914 e. The number of hydrogen-bond acceptors (Lipinski definition) is 3. The summed E-state index contributed by atoms with van der Waals surface area (Å²) in [6.07, 6.45) is 1.57. The van der Waals surface area contributed by atoms with Crippen molar-refractivity contribution in [1.82, 2.24) is 5.32 Å². The van der Waals surface area contributed by atoms with Crippen LogP contribution in [0.4, 0.5) is 0 Å². The van der Waals surface area contributed by atoms with Crippen LogP contribution in [-0.2, 0) is 4.74 Å². The topological polar surface area (TPSA) is 41.5 Å². The van der Waals surface area contributed by atoms with Gasteiger partial charge in [-0.3, -0.25) is 0 Å². The summed E-state index contributed by atoms with van der Waals surface area (Å²) in [4.78, 5) is 0. The highest BCUT2D eigenvalue weighted by atomic mass is 35.5. The summed E-state index contributed by atoms with van der Waals surface area (Å²) in [6.45, 7) is 2.20. The van der Waals surface area contributed by atoms with E-state index in [1.54, 1.807) is 12.1 Å². The van der Waals surface area contributed by atoms with Crippen LogP contribution in [0, 0.1) is 0 Å². The minimum absolute atomic E-state index is 0.464. The normalized spacial score (nSPS) is 19.2. The third-order valence-corrected chi connectivity index (χ3v) is 3.33. The molecule has 0 spiro atoms. The fourth-order valence-electron chi connectivity index (χ4n) is 1.98. The lowest BCUT2D eigenvalue weighted by Crippen LogP contribution is -2.37. The molecule has 1 fully saturated rings. The summed E-state index contributed by atoms with van der Waals surface area (Å²) in [7, 11) is 0. The summed E-state index contributed by atoms with van der Waals surface area (Å²) >= 11 is 5.80. The van der Waals surface area contributed by atoms with Crippen molar-refractivity contribution in [2.75, 3.05) is 19.8 Å². The monoisotopic (exact) mass is 255 g/mol. The van der Waals surface area contributed by atoms with Crippen molar-refractivity contribution in [3.63, 3.8) is 0 Å². The first-order valence-corrected chi connectivity index (χ1v) is 6.38. The van der Waals surface area contributed by atoms with Gasteiger partial charge >= 0.3 is 0 Å². The first-order valence-electron chi connectivity index (χ1n) is 6.00. The van der Waals surface area contributed by atoms with E-state index in [0.717, 1.165) is 31.6 Å². The highest BCUT2D eigenvalue weighted by molar-refractivity contribution is 6.30. The molecule has 1 aliphatic rings. The Balaban J connectivity index is 1.80. The van der Waals surface area contributed by atoms with Crippen LogP contribution in [0.15, 0.2) is 24.3 Å². The smallest absolute Gasteiger partial charge is 0.0914 e. The predicted octanol–water partition coefficient (Wildman–Crippen LogP) is 2.14. The molecule has 4 heteroatoms. The van der Waals surface area contributed by atoms with Crippen LogP contribution in [0.3, 0.4) is 0 Å². The summed E-state index contributed by atoms with van der Waals surface area (Å²) < 4.78 is 5.29. The van der Waals surface area contributed by atoms with Crippen molar-refractivity contribution in [3.05, 3.63) is 34.9 Å². The Morgan fingerprint density at radius 1 is 1.29 bits per heavy atom. The third kappa shape index (κ3) is 3.96. The van der Waals surface area contributed by atoms with E-state index in [0.29, 0.717) is 17.6 Å². The zero-order valence-electron chi connectivity index (χ0n) is 9.73. The number of benzene rings is 1. The quantitative estimate of drug-likeness (QED) is 0.866. The standard InChI is InChI=1S/C13H18ClNO2/c14-11-3-1-10(2-4-11)13(16)9-15-12-5-7-17-8-6-12/h1-4,12-13,15-16H,5-9H2/t13-/m0/s1. The molecular formula is C13H18ClNO2. The van der Waals surface area contributed by atoms with Crippen molar-refractivity contribution in [3.8, 4) is 0 Å². The minimum atomic E-state index is -0.477. The van der Waals surface area contributed by atoms with E-state index >= 15 is 0 Å². The van der Waals surface area contributed by atoms with E-state index in [1.165, 1.54) is 0 Å². The second kappa shape index (κ2) is 6.36. The van der Waals surface area contributed by atoms with Gasteiger partial charge < -0.3 is 15.2 Å². The van der Waals surface area contributed by atoms with Crippen molar-refractivity contribution in [2.24, 2.45) is 0 Å². The molecule has 1 aromatic rings. The Hall–Kier alpha value is -0.610. The molecule has 1 aliphatic heterocycles. The highest BCUT2D eigenvalue weighted by Gasteiger charge is 2.15. The number of hydrogen-bond donors (Lipinski definition) is 2. The van der Waals surface area contributed by atoms with Crippen LogP contribution in [0.2, 0.25) is 5.02 Å². The predicted molar refractivity (Wildman–Crippen MR) is 68.3 cm³/mol. The molecule has 1 heterocycles. The number of ether oxygens (including phenoxy) is 1. The SMILES string of the molecule is O[C@@H](CNC1CCOCC1)c1ccc(Cl)cc1. The van der Waals surface area contributed by atoms with E-state index in [1.807, 2.05) is 12.1 Å². The van der Waals surface area contributed by atoms with Crippen LogP contribution < -0.4 is 5.32 Å². The summed E-state index contributed by atoms with van der Waals surface area (Å²) in [5.41, 5.74) is 0.897. The lowest BCUT2D eigenvalue weighted by molar-refractivity contribution is 0.0724. The fourth-order valence-corrected chi connectivity index (χ4v) is 2.11. The van der Waals surface area contributed by atoms with Gasteiger partial charge in [-0.25, -0.2) is 0 Å². The lowest BCUT2D eigenvalue weighted by atomic mass is 10.1. The van der Waals surface area contributed by atoms with Gasteiger partial charge in [-0.2, -0.15) is 0 Å². The third-order valence-electron chi connectivity index (χ3n) is 3.08. The minimum Gasteiger partial charge on any atom is -0.387 e. The zero-order valence-corrected chi connectivity index (χ0v) is 10.5. The van der Waals surface area contributed by atoms with E-state index in [9.17, 15) is 5.11 Å². The molecule has 1 aromatic carbocycles. The Kier molecular flexibility index (Phi) is 4.80. The van der Waals surface area contributed by atoms with Gasteiger partial charge in [-0.1, -0.05) is 23.7 Å². The Bertz CT molecular complexity index is 336. The van der Waals surface area contributed by atoms with Gasteiger partial charge in [-0.15, -0.1) is 0 Å². The average molecular weight is 256 g/mol. The maximum atomic E-state index is 10.0. The molecule has 0 aromatic heterocycles. The zero-order chi connectivity index (χ0) is 12.1. The molecule has 2 rings (SSSR count). The molecule has 0 amide bonds. The van der Waals surface area contributed by atoms with Gasteiger partial charge in [0.25, 0.3) is 0 Å². The molecule has 0 radical (unpaired) electrons. The maximum absolute atomic E-state index is 10.0. The van der Waals surface area contributed by atoms with Gasteiger partial charge in [0.2, 0.25) is 0 Å². The molecule has 0 bridgehead atoms. The van der Waals surface area contributed by atoms with Crippen molar-refractivity contribution < 1.29 is 9.84 Å². The van der Waals surface area contributed by atoms with Crippen LogP contribution in [-0.4, -0.2) is 30.9 Å². The highest BCUT2D eigenvalue weighted by Crippen LogP contribution is 2.16. The van der Waals surface area contributed by atoms with Crippen molar-refractivity contribution in [1.29, 1.82) is 0 Å². The van der Waals surface area contributed by atoms with Crippen LogP contribution in [0.25, 0.3) is 0 Å². The van der Waals surface area contributed by atoms with E-state index < -0.39 is 6.10 Å². The van der Waals surface area contributed by atoms with Crippen molar-refractivity contribution in [2.45, 2.75) is 25.0 Å². The average Bonchev–Trinajstić information content (AvgIpc) is 2.38. The molecule has 17 heavy (non-hydrogen) atoms. The van der Waals surface area contributed by atoms with Gasteiger partial charge in [-0.05, 0) is 30.5 Å². The molecule has 94 valence electrons. The largest absolute Gasteiger partial charge is 0.387 e. The molecule has 1 atom stereocenters. The molecule has 0 aliphatic carbocycles. The number of aliphatic hydroxyl groups excluding tert-OH is 1. The number of aliphatic hydroxyl groups is 1. The molecule has 1 saturated heterocycles. The van der Waals surface area contributed by atoms with Gasteiger partial charge in [0, 0.05) is 30.8 Å². The number of rotatable bonds is 4. The fraction of sp³-hybridized carbons (Fsp3) is 0.538. The van der Waals surface area contributed by atoms with Gasteiger partial charge in [0.05, 0.1) is 6.10 Å². The second-order valence-corrected chi connectivity index (χ2v) is 4.80. The molecule has 3 nitrogen and oxygen atoms in total. The van der Waals surface area contributed by atoms with Gasteiger partial charge in [0.1, 0.15) is 0 Å². The van der Waals surface area contributed by atoms with Gasteiger partial charge in [0.15, 0.2) is 0 Å². The summed E-state index contributed by atoms with van der Waals surface area (Å²) in [5.74, 6) is 0. The van der Waals surface area contributed by atoms with E-state index in [2.05, 4.69) is 5.32 Å². The van der Waals surface area contributed by atoms with E-state index in [-0.39, 0.29) is 0 Å². The summed E-state index contributed by atoms with van der Waals surface area (Å²) in [6, 6.07) is 7.78. The number of halogens is 1. The lowest BCUT2D eigenvalue weighted by Gasteiger charge is -2.24. The molecule has 2 N–H and O–H groups in total. The Morgan fingerprint density at radius 2 is 1.94 bits per heavy atom. The summed E-state index contributed by atoms with van der Waals surface area (Å²) in [5, 5.41) is 14.1.